The minimum Gasteiger partial charge on any atom is -0.498 e. The molecule has 0 spiro atoms. The molecule has 9 heteroatoms. The van der Waals surface area contributed by atoms with Crippen LogP contribution < -0.4 is 5.73 Å². The number of rotatable bonds is 38. The molecule has 0 aliphatic heterocycles. The van der Waals surface area contributed by atoms with E-state index in [0.29, 0.717) is 6.42 Å². The number of hydrogen-bond donors (Lipinski definition) is 2. The number of unbranched alkanes of at least 4 members (excludes halogenated alkanes) is 23. The van der Waals surface area contributed by atoms with Crippen LogP contribution in [-0.2, 0) is 27.9 Å². The van der Waals surface area contributed by atoms with Crippen LogP contribution in [0.4, 0.5) is 0 Å². The summed E-state index contributed by atoms with van der Waals surface area (Å²) in [5, 5.41) is 0. The van der Waals surface area contributed by atoms with Crippen LogP contribution in [0.2, 0.25) is 0 Å². The fourth-order valence-corrected chi connectivity index (χ4v) is 6.25. The second-order valence-electron chi connectivity index (χ2n) is 13.2. The Hall–Kier alpha value is -1.18. The molecule has 0 bridgehead atoms. The summed E-state index contributed by atoms with van der Waals surface area (Å²) in [6, 6.07) is 0. The van der Waals surface area contributed by atoms with Crippen molar-refractivity contribution in [3.63, 3.8) is 0 Å². The van der Waals surface area contributed by atoms with E-state index in [0.717, 1.165) is 44.9 Å². The molecule has 3 N–H and O–H groups in total. The largest absolute Gasteiger partial charge is 0.498 e. The molecule has 0 saturated heterocycles. The van der Waals surface area contributed by atoms with Gasteiger partial charge in [-0.1, -0.05) is 148 Å². The van der Waals surface area contributed by atoms with E-state index in [9.17, 15) is 14.3 Å². The molecular formula is C39H76NO7P. The van der Waals surface area contributed by atoms with Crippen molar-refractivity contribution in [3.05, 3.63) is 24.5 Å². The molecule has 48 heavy (non-hydrogen) atoms. The van der Waals surface area contributed by atoms with E-state index >= 15 is 0 Å². The van der Waals surface area contributed by atoms with Crippen LogP contribution in [0.5, 0.6) is 0 Å². The van der Waals surface area contributed by atoms with Crippen LogP contribution in [0.1, 0.15) is 187 Å². The third kappa shape index (κ3) is 36.1. The van der Waals surface area contributed by atoms with Gasteiger partial charge < -0.3 is 20.1 Å². The summed E-state index contributed by atoms with van der Waals surface area (Å²) in [6.07, 6.45) is 39.9. The van der Waals surface area contributed by atoms with Crippen molar-refractivity contribution in [2.24, 2.45) is 5.73 Å². The van der Waals surface area contributed by atoms with E-state index in [1.165, 1.54) is 122 Å². The van der Waals surface area contributed by atoms with E-state index < -0.39 is 13.9 Å². The van der Waals surface area contributed by atoms with Crippen molar-refractivity contribution >= 4 is 13.8 Å². The van der Waals surface area contributed by atoms with Crippen LogP contribution >= 0.6 is 7.82 Å². The number of allylic oxidation sites excluding steroid dienone is 3. The van der Waals surface area contributed by atoms with Gasteiger partial charge in [-0.2, -0.15) is 0 Å². The average Bonchev–Trinajstić information content (AvgIpc) is 3.07. The molecule has 0 amide bonds. The predicted octanol–water partition coefficient (Wildman–Crippen LogP) is 11.6. The predicted molar refractivity (Wildman–Crippen MR) is 201 cm³/mol. The van der Waals surface area contributed by atoms with E-state index in [4.69, 9.17) is 24.3 Å². The van der Waals surface area contributed by atoms with Gasteiger partial charge in [0.15, 0.2) is 6.10 Å². The van der Waals surface area contributed by atoms with Gasteiger partial charge in [0, 0.05) is 13.0 Å². The van der Waals surface area contributed by atoms with Crippen molar-refractivity contribution in [1.82, 2.24) is 0 Å². The quantitative estimate of drug-likeness (QED) is 0.0215. The molecule has 2 atom stereocenters. The molecule has 0 aromatic heterocycles. The molecule has 0 saturated carbocycles. The lowest BCUT2D eigenvalue weighted by molar-refractivity contribution is -0.153. The Morgan fingerprint density at radius 2 is 1.06 bits per heavy atom. The Morgan fingerprint density at radius 3 is 1.54 bits per heavy atom. The van der Waals surface area contributed by atoms with Crippen molar-refractivity contribution in [2.75, 3.05) is 26.4 Å². The highest BCUT2D eigenvalue weighted by atomic mass is 31.2. The molecule has 0 aliphatic rings. The van der Waals surface area contributed by atoms with Gasteiger partial charge in [0.1, 0.15) is 6.61 Å². The van der Waals surface area contributed by atoms with Crippen LogP contribution in [-0.4, -0.2) is 43.3 Å². The fourth-order valence-electron chi connectivity index (χ4n) is 5.49. The van der Waals surface area contributed by atoms with Gasteiger partial charge in [0.25, 0.3) is 0 Å². The molecule has 0 aromatic carbocycles. The molecule has 0 radical (unpaired) electrons. The van der Waals surface area contributed by atoms with Gasteiger partial charge in [-0.25, -0.2) is 4.57 Å². The van der Waals surface area contributed by atoms with Crippen molar-refractivity contribution in [1.29, 1.82) is 0 Å². The Labute approximate surface area is 296 Å². The second-order valence-corrected chi connectivity index (χ2v) is 14.7. The Balaban J connectivity index is 4.13. The zero-order chi connectivity index (χ0) is 35.2. The third-order valence-electron chi connectivity index (χ3n) is 8.44. The van der Waals surface area contributed by atoms with Crippen LogP contribution in [0.25, 0.3) is 0 Å². The SMILES string of the molecule is CCCCCCCCC=CCCCCCCCC(=O)OC(COC=CCCCCCCCCCCCCCC)COP(=O)(O)OCCN. The average molecular weight is 702 g/mol. The first-order valence-electron chi connectivity index (χ1n) is 19.9. The minimum absolute atomic E-state index is 0.0317. The highest BCUT2D eigenvalue weighted by molar-refractivity contribution is 7.47. The number of carbonyl (C=O) groups is 1. The molecule has 0 rings (SSSR count). The standard InChI is InChI=1S/C39H76NO7P/c1-3-5-7-9-11-13-15-17-19-20-22-24-26-28-30-32-39(41)47-38(37-46-48(42,43)45-35-33-40)36-44-34-31-29-27-25-23-21-18-16-14-12-10-8-6-4-2/h17,19,31,34,38H,3-16,18,20-30,32-33,35-37,40H2,1-2H3,(H,42,43). The van der Waals surface area contributed by atoms with Gasteiger partial charge in [0.2, 0.25) is 0 Å². The Kier molecular flexibility index (Phi) is 36.2. The van der Waals surface area contributed by atoms with Crippen LogP contribution in [0.15, 0.2) is 24.5 Å². The second kappa shape index (κ2) is 37.1. The van der Waals surface area contributed by atoms with Crippen molar-refractivity contribution < 1.29 is 32.8 Å². The molecule has 0 fully saturated rings. The molecule has 8 nitrogen and oxygen atoms in total. The highest BCUT2D eigenvalue weighted by Crippen LogP contribution is 2.43. The smallest absolute Gasteiger partial charge is 0.472 e. The lowest BCUT2D eigenvalue weighted by Gasteiger charge is -2.19. The number of phosphoric acid groups is 1. The fraction of sp³-hybridized carbons (Fsp3) is 0.872. The van der Waals surface area contributed by atoms with Crippen LogP contribution in [0.3, 0.4) is 0 Å². The Morgan fingerprint density at radius 1 is 0.625 bits per heavy atom. The topological polar surface area (TPSA) is 117 Å². The van der Waals surface area contributed by atoms with E-state index in [2.05, 4.69) is 26.0 Å². The maximum atomic E-state index is 12.5. The van der Waals surface area contributed by atoms with Crippen molar-refractivity contribution in [3.8, 4) is 0 Å². The van der Waals surface area contributed by atoms with Gasteiger partial charge in [0.05, 0.1) is 19.5 Å². The molecule has 0 aliphatic carbocycles. The van der Waals surface area contributed by atoms with Gasteiger partial charge in [-0.05, 0) is 51.0 Å². The van der Waals surface area contributed by atoms with Gasteiger partial charge >= 0.3 is 13.8 Å². The van der Waals surface area contributed by atoms with E-state index in [1.54, 1.807) is 6.26 Å². The lowest BCUT2D eigenvalue weighted by atomic mass is 10.0. The molecule has 0 heterocycles. The first kappa shape index (κ1) is 46.8. The molecule has 284 valence electrons. The summed E-state index contributed by atoms with van der Waals surface area (Å²) in [7, 11) is -4.29. The summed E-state index contributed by atoms with van der Waals surface area (Å²) in [5.41, 5.74) is 5.35. The number of ether oxygens (including phenoxy) is 2. The first-order valence-corrected chi connectivity index (χ1v) is 21.4. The highest BCUT2D eigenvalue weighted by Gasteiger charge is 2.25. The summed E-state index contributed by atoms with van der Waals surface area (Å²) in [5.74, 6) is -0.360. The molecule has 0 aromatic rings. The number of carbonyl (C=O) groups excluding carboxylic acids is 1. The maximum Gasteiger partial charge on any atom is 0.472 e. The normalized spacial score (nSPS) is 13.8. The maximum absolute atomic E-state index is 12.5. The van der Waals surface area contributed by atoms with Crippen LogP contribution in [0, 0.1) is 0 Å². The third-order valence-corrected chi connectivity index (χ3v) is 9.42. The Bertz CT molecular complexity index is 792. The van der Waals surface area contributed by atoms with Crippen molar-refractivity contribution in [2.45, 2.75) is 193 Å². The monoisotopic (exact) mass is 702 g/mol. The van der Waals surface area contributed by atoms with E-state index in [-0.39, 0.29) is 32.3 Å². The minimum atomic E-state index is -4.29. The zero-order valence-electron chi connectivity index (χ0n) is 31.2. The first-order chi connectivity index (χ1) is 23.4. The molecular weight excluding hydrogens is 625 g/mol. The van der Waals surface area contributed by atoms with E-state index in [1.807, 2.05) is 6.08 Å². The zero-order valence-corrected chi connectivity index (χ0v) is 32.1. The number of esters is 1. The number of hydrogen-bond acceptors (Lipinski definition) is 7. The number of phosphoric ester groups is 1. The summed E-state index contributed by atoms with van der Waals surface area (Å²) in [6.45, 7) is 4.23. The van der Waals surface area contributed by atoms with Gasteiger partial charge in [-0.3, -0.25) is 13.8 Å². The summed E-state index contributed by atoms with van der Waals surface area (Å²) < 4.78 is 33.1. The molecule has 2 unspecified atom stereocenters. The lowest BCUT2D eigenvalue weighted by Crippen LogP contribution is -2.27. The summed E-state index contributed by atoms with van der Waals surface area (Å²) >= 11 is 0. The van der Waals surface area contributed by atoms with Gasteiger partial charge in [-0.15, -0.1) is 0 Å². The number of nitrogens with two attached hydrogens (primary N) is 1. The summed E-state index contributed by atoms with van der Waals surface area (Å²) in [4.78, 5) is 22.4.